The molecule has 0 aromatic carbocycles. The summed E-state index contributed by atoms with van der Waals surface area (Å²) in [5, 5.41) is 4.35. The predicted molar refractivity (Wildman–Crippen MR) is 78.7 cm³/mol. The molecule has 0 aromatic rings. The number of hydrogen-bond acceptors (Lipinski definition) is 2. The molecular weight excluding hydrogens is 226 g/mol. The third-order valence-corrected chi connectivity index (χ3v) is 6.18. The van der Waals surface area contributed by atoms with Crippen LogP contribution in [0, 0.1) is 11.3 Å². The van der Waals surface area contributed by atoms with Gasteiger partial charge in [0.15, 0.2) is 0 Å². The van der Waals surface area contributed by atoms with Gasteiger partial charge in [0, 0.05) is 0 Å². The SMILES string of the molecule is CC(C)SCC1(C2CCCCC2)CCNCC1. The Hall–Kier alpha value is 0.310. The summed E-state index contributed by atoms with van der Waals surface area (Å²) in [6.07, 6.45) is 10.4. The van der Waals surface area contributed by atoms with Crippen molar-refractivity contribution >= 4 is 11.8 Å². The first-order valence-corrected chi connectivity index (χ1v) is 8.60. The van der Waals surface area contributed by atoms with Gasteiger partial charge in [0.25, 0.3) is 0 Å². The van der Waals surface area contributed by atoms with E-state index in [1.165, 1.54) is 63.8 Å². The zero-order valence-electron chi connectivity index (χ0n) is 11.6. The van der Waals surface area contributed by atoms with Crippen LogP contribution in [-0.2, 0) is 0 Å². The Kier molecular flexibility index (Phi) is 5.23. The molecule has 0 radical (unpaired) electrons. The van der Waals surface area contributed by atoms with Gasteiger partial charge in [0.05, 0.1) is 0 Å². The van der Waals surface area contributed by atoms with Gasteiger partial charge in [-0.15, -0.1) is 0 Å². The molecule has 1 nitrogen and oxygen atoms in total. The van der Waals surface area contributed by atoms with E-state index in [9.17, 15) is 0 Å². The highest BCUT2D eigenvalue weighted by Gasteiger charge is 2.39. The minimum atomic E-state index is 0.681. The van der Waals surface area contributed by atoms with E-state index in [2.05, 4.69) is 30.9 Å². The van der Waals surface area contributed by atoms with Crippen molar-refractivity contribution in [3.05, 3.63) is 0 Å². The van der Waals surface area contributed by atoms with Crippen LogP contribution in [0.15, 0.2) is 0 Å². The van der Waals surface area contributed by atoms with Crippen molar-refractivity contribution in [2.24, 2.45) is 11.3 Å². The molecule has 1 saturated heterocycles. The minimum absolute atomic E-state index is 0.681. The van der Waals surface area contributed by atoms with Crippen LogP contribution in [0.4, 0.5) is 0 Å². The van der Waals surface area contributed by atoms with E-state index in [1.807, 2.05) is 0 Å². The second-order valence-electron chi connectivity index (χ2n) is 6.31. The molecule has 1 N–H and O–H groups in total. The Morgan fingerprint density at radius 2 is 1.76 bits per heavy atom. The highest BCUT2D eigenvalue weighted by atomic mass is 32.2. The lowest BCUT2D eigenvalue weighted by Crippen LogP contribution is -2.44. The molecule has 17 heavy (non-hydrogen) atoms. The van der Waals surface area contributed by atoms with Crippen molar-refractivity contribution in [2.45, 2.75) is 64.0 Å². The van der Waals surface area contributed by atoms with Crippen molar-refractivity contribution in [3.8, 4) is 0 Å². The largest absolute Gasteiger partial charge is 0.317 e. The summed E-state index contributed by atoms with van der Waals surface area (Å²) in [6, 6.07) is 0. The van der Waals surface area contributed by atoms with E-state index in [-0.39, 0.29) is 0 Å². The van der Waals surface area contributed by atoms with E-state index in [0.29, 0.717) is 5.41 Å². The van der Waals surface area contributed by atoms with Crippen LogP contribution in [0.1, 0.15) is 58.8 Å². The summed E-state index contributed by atoms with van der Waals surface area (Å²) in [5.74, 6) is 2.45. The van der Waals surface area contributed by atoms with Crippen LogP contribution < -0.4 is 5.32 Å². The molecule has 1 saturated carbocycles. The van der Waals surface area contributed by atoms with Crippen LogP contribution in [0.2, 0.25) is 0 Å². The predicted octanol–water partition coefficient (Wildman–Crippen LogP) is 4.08. The van der Waals surface area contributed by atoms with Crippen molar-refractivity contribution in [1.29, 1.82) is 0 Å². The number of nitrogens with one attached hydrogen (secondary N) is 1. The summed E-state index contributed by atoms with van der Waals surface area (Å²) in [6.45, 7) is 7.21. The second kappa shape index (κ2) is 6.47. The average Bonchev–Trinajstić information content (AvgIpc) is 2.39. The molecule has 0 atom stereocenters. The number of hydrogen-bond donors (Lipinski definition) is 1. The lowest BCUT2D eigenvalue weighted by atomic mass is 9.65. The van der Waals surface area contributed by atoms with Crippen LogP contribution in [0.3, 0.4) is 0 Å². The number of thioether (sulfide) groups is 1. The van der Waals surface area contributed by atoms with Crippen molar-refractivity contribution < 1.29 is 0 Å². The highest BCUT2D eigenvalue weighted by molar-refractivity contribution is 7.99. The molecule has 2 aliphatic rings. The summed E-state index contributed by atoms with van der Waals surface area (Å²) in [7, 11) is 0. The fourth-order valence-electron chi connectivity index (χ4n) is 3.64. The first-order valence-electron chi connectivity index (χ1n) is 7.55. The van der Waals surface area contributed by atoms with Crippen LogP contribution >= 0.6 is 11.8 Å². The van der Waals surface area contributed by atoms with E-state index in [4.69, 9.17) is 0 Å². The van der Waals surface area contributed by atoms with Crippen LogP contribution in [-0.4, -0.2) is 24.1 Å². The normalized spacial score (nSPS) is 26.3. The molecule has 0 bridgehead atoms. The molecule has 2 fully saturated rings. The topological polar surface area (TPSA) is 12.0 Å². The van der Waals surface area contributed by atoms with E-state index < -0.39 is 0 Å². The zero-order valence-corrected chi connectivity index (χ0v) is 12.5. The molecule has 2 rings (SSSR count). The number of piperidine rings is 1. The summed E-state index contributed by atoms with van der Waals surface area (Å²) < 4.78 is 0. The first kappa shape index (κ1) is 13.7. The molecular formula is C15H29NS. The maximum atomic E-state index is 3.56. The molecule has 1 aliphatic heterocycles. The average molecular weight is 255 g/mol. The monoisotopic (exact) mass is 255 g/mol. The van der Waals surface area contributed by atoms with Gasteiger partial charge in [-0.3, -0.25) is 0 Å². The van der Waals surface area contributed by atoms with Gasteiger partial charge in [-0.25, -0.2) is 0 Å². The Labute approximate surface area is 112 Å². The quantitative estimate of drug-likeness (QED) is 0.812. The smallest absolute Gasteiger partial charge is 0.000462 e. The Morgan fingerprint density at radius 3 is 2.35 bits per heavy atom. The Balaban J connectivity index is 1.99. The van der Waals surface area contributed by atoms with E-state index >= 15 is 0 Å². The van der Waals surface area contributed by atoms with Crippen molar-refractivity contribution in [3.63, 3.8) is 0 Å². The van der Waals surface area contributed by atoms with Crippen molar-refractivity contribution in [2.75, 3.05) is 18.8 Å². The fraction of sp³-hybridized carbons (Fsp3) is 1.00. The highest BCUT2D eigenvalue weighted by Crippen LogP contribution is 2.47. The summed E-state index contributed by atoms with van der Waals surface area (Å²) in [4.78, 5) is 0. The van der Waals surface area contributed by atoms with E-state index in [0.717, 1.165) is 11.2 Å². The molecule has 2 heteroatoms. The standard InChI is InChI=1S/C15H29NS/c1-13(2)17-12-15(8-10-16-11-9-15)14-6-4-3-5-7-14/h13-14,16H,3-12H2,1-2H3. The first-order chi connectivity index (χ1) is 8.23. The minimum Gasteiger partial charge on any atom is -0.317 e. The van der Waals surface area contributed by atoms with Gasteiger partial charge >= 0.3 is 0 Å². The van der Waals surface area contributed by atoms with Gasteiger partial charge in [-0.2, -0.15) is 11.8 Å². The van der Waals surface area contributed by atoms with Gasteiger partial charge in [0.1, 0.15) is 0 Å². The van der Waals surface area contributed by atoms with Crippen molar-refractivity contribution in [1.82, 2.24) is 5.32 Å². The molecule has 0 aromatic heterocycles. The Bertz CT molecular complexity index is 215. The molecule has 100 valence electrons. The van der Waals surface area contributed by atoms with Crippen LogP contribution in [0.5, 0.6) is 0 Å². The van der Waals surface area contributed by atoms with Gasteiger partial charge in [0.2, 0.25) is 0 Å². The summed E-state index contributed by atoms with van der Waals surface area (Å²) in [5.41, 5.74) is 0.681. The molecule has 1 heterocycles. The van der Waals surface area contributed by atoms with Crippen LogP contribution in [0.25, 0.3) is 0 Å². The molecule has 1 aliphatic carbocycles. The van der Waals surface area contributed by atoms with E-state index in [1.54, 1.807) is 0 Å². The lowest BCUT2D eigenvalue weighted by molar-refractivity contribution is 0.101. The molecule has 0 amide bonds. The maximum absolute atomic E-state index is 3.56. The van der Waals surface area contributed by atoms with Gasteiger partial charge < -0.3 is 5.32 Å². The lowest BCUT2D eigenvalue weighted by Gasteiger charge is -2.46. The zero-order chi connectivity index (χ0) is 12.1. The Morgan fingerprint density at radius 1 is 1.12 bits per heavy atom. The maximum Gasteiger partial charge on any atom is -0.000462 e. The van der Waals surface area contributed by atoms with Gasteiger partial charge in [-0.1, -0.05) is 33.1 Å². The van der Waals surface area contributed by atoms with Gasteiger partial charge in [-0.05, 0) is 61.1 Å². The molecule has 0 unspecified atom stereocenters. The second-order valence-corrected chi connectivity index (χ2v) is 7.87. The third-order valence-electron chi connectivity index (χ3n) is 4.77. The number of rotatable bonds is 4. The summed E-state index contributed by atoms with van der Waals surface area (Å²) >= 11 is 2.20. The fourth-order valence-corrected chi connectivity index (χ4v) is 4.83. The molecule has 0 spiro atoms. The third kappa shape index (κ3) is 3.64.